The number of anilines is 2. The number of hydrogen-bond acceptors (Lipinski definition) is 6. The lowest BCUT2D eigenvalue weighted by Crippen LogP contribution is -2.42. The van der Waals surface area contributed by atoms with Crippen molar-refractivity contribution < 1.29 is 9.13 Å². The molecule has 0 amide bonds. The third-order valence-electron chi connectivity index (χ3n) is 5.40. The lowest BCUT2D eigenvalue weighted by molar-refractivity contribution is 0.415. The van der Waals surface area contributed by atoms with Crippen LogP contribution in [0.3, 0.4) is 0 Å². The second-order valence-corrected chi connectivity index (χ2v) is 7.33. The molecule has 2 aromatic heterocycles. The van der Waals surface area contributed by atoms with Crippen LogP contribution in [0.5, 0.6) is 5.75 Å². The van der Waals surface area contributed by atoms with Gasteiger partial charge in [0.15, 0.2) is 5.82 Å². The number of pyridine rings is 1. The predicted molar refractivity (Wildman–Crippen MR) is 115 cm³/mol. The van der Waals surface area contributed by atoms with Crippen LogP contribution in [0.4, 0.5) is 16.0 Å². The fraction of sp³-hybridized carbons (Fsp3) is 0.318. The molecule has 0 unspecified atom stereocenters. The molecule has 1 fully saturated rings. The number of benzene rings is 1. The lowest BCUT2D eigenvalue weighted by Gasteiger charge is -2.34. The van der Waals surface area contributed by atoms with Gasteiger partial charge in [0.25, 0.3) is 5.56 Å². The van der Waals surface area contributed by atoms with E-state index in [1.54, 1.807) is 14.2 Å². The summed E-state index contributed by atoms with van der Waals surface area (Å²) < 4.78 is 20.9. The summed E-state index contributed by atoms with van der Waals surface area (Å²) in [6, 6.07) is 11.1. The van der Waals surface area contributed by atoms with Crippen molar-refractivity contribution in [2.75, 3.05) is 30.4 Å². The maximum atomic E-state index is 14.1. The molecule has 0 bridgehead atoms. The van der Waals surface area contributed by atoms with Crippen molar-refractivity contribution in [2.24, 2.45) is 7.05 Å². The van der Waals surface area contributed by atoms with Crippen LogP contribution in [0.25, 0.3) is 11.3 Å². The monoisotopic (exact) mass is 409 g/mol. The molecule has 1 N–H and O–H groups in total. The van der Waals surface area contributed by atoms with E-state index in [1.807, 2.05) is 24.3 Å². The summed E-state index contributed by atoms with van der Waals surface area (Å²) >= 11 is 0. The van der Waals surface area contributed by atoms with Crippen LogP contribution in [0.2, 0.25) is 0 Å². The number of aromatic nitrogens is 3. The molecule has 156 valence electrons. The van der Waals surface area contributed by atoms with Gasteiger partial charge in [-0.3, -0.25) is 14.3 Å². The maximum absolute atomic E-state index is 14.1. The molecule has 0 aliphatic carbocycles. The van der Waals surface area contributed by atoms with Crippen LogP contribution in [-0.2, 0) is 7.05 Å². The van der Waals surface area contributed by atoms with Gasteiger partial charge in [-0.1, -0.05) is 0 Å². The van der Waals surface area contributed by atoms with Gasteiger partial charge in [0.05, 0.1) is 19.0 Å². The first-order valence-corrected chi connectivity index (χ1v) is 9.88. The molecule has 0 spiro atoms. The molecule has 3 aromatic rings. The quantitative estimate of drug-likeness (QED) is 0.698. The highest BCUT2D eigenvalue weighted by atomic mass is 19.1. The van der Waals surface area contributed by atoms with Crippen molar-refractivity contribution in [1.29, 1.82) is 0 Å². The molecule has 0 radical (unpaired) electrons. The molecule has 7 nitrogen and oxygen atoms in total. The third-order valence-corrected chi connectivity index (χ3v) is 5.40. The van der Waals surface area contributed by atoms with Gasteiger partial charge in [-0.2, -0.15) is 0 Å². The Balaban J connectivity index is 1.49. The molecule has 1 aliphatic rings. The summed E-state index contributed by atoms with van der Waals surface area (Å²) in [5.41, 5.74) is 1.44. The van der Waals surface area contributed by atoms with Gasteiger partial charge in [-0.05, 0) is 43.2 Å². The fourth-order valence-electron chi connectivity index (χ4n) is 3.68. The van der Waals surface area contributed by atoms with Crippen molar-refractivity contribution in [3.8, 4) is 17.0 Å². The Morgan fingerprint density at radius 2 is 1.90 bits per heavy atom. The summed E-state index contributed by atoms with van der Waals surface area (Å²) in [5.74, 6) is 0.885. The van der Waals surface area contributed by atoms with Gasteiger partial charge in [-0.15, -0.1) is 0 Å². The van der Waals surface area contributed by atoms with E-state index in [1.165, 1.54) is 22.9 Å². The van der Waals surface area contributed by atoms with Crippen LogP contribution in [0.1, 0.15) is 12.8 Å². The van der Waals surface area contributed by atoms with Crippen LogP contribution < -0.4 is 20.5 Å². The summed E-state index contributed by atoms with van der Waals surface area (Å²) in [6.45, 7) is 1.49. The van der Waals surface area contributed by atoms with Gasteiger partial charge in [0, 0.05) is 49.7 Å². The van der Waals surface area contributed by atoms with Crippen molar-refractivity contribution in [2.45, 2.75) is 18.9 Å². The largest absolute Gasteiger partial charge is 0.497 e. The number of halogens is 1. The second kappa shape index (κ2) is 8.52. The highest BCUT2D eigenvalue weighted by molar-refractivity contribution is 5.60. The number of ether oxygens (including phenoxy) is 1. The minimum Gasteiger partial charge on any atom is -0.497 e. The lowest BCUT2D eigenvalue weighted by atomic mass is 10.0. The molecule has 1 saturated heterocycles. The zero-order valence-electron chi connectivity index (χ0n) is 17.0. The molecule has 3 heterocycles. The molecular weight excluding hydrogens is 385 g/mol. The summed E-state index contributed by atoms with van der Waals surface area (Å²) in [6.07, 6.45) is 4.42. The zero-order chi connectivity index (χ0) is 21.1. The van der Waals surface area contributed by atoms with E-state index in [4.69, 9.17) is 4.74 Å². The SMILES string of the molecule is COc1ccc(NC2CCN(c3nc(-c4ccncc4F)cc(=O)n3C)CC2)cc1. The van der Waals surface area contributed by atoms with E-state index in [9.17, 15) is 9.18 Å². The summed E-state index contributed by atoms with van der Waals surface area (Å²) in [7, 11) is 3.34. The molecule has 0 saturated carbocycles. The third kappa shape index (κ3) is 4.12. The van der Waals surface area contributed by atoms with E-state index < -0.39 is 5.82 Å². The van der Waals surface area contributed by atoms with E-state index in [0.717, 1.165) is 43.6 Å². The van der Waals surface area contributed by atoms with Gasteiger partial charge in [0.1, 0.15) is 5.75 Å². The normalized spacial score (nSPS) is 14.6. The van der Waals surface area contributed by atoms with Crippen LogP contribution >= 0.6 is 0 Å². The first kappa shape index (κ1) is 19.9. The first-order valence-electron chi connectivity index (χ1n) is 9.88. The second-order valence-electron chi connectivity index (χ2n) is 7.33. The number of rotatable bonds is 5. The minimum absolute atomic E-state index is 0.218. The number of piperidine rings is 1. The Morgan fingerprint density at radius 3 is 2.57 bits per heavy atom. The van der Waals surface area contributed by atoms with Gasteiger partial charge in [-0.25, -0.2) is 9.37 Å². The molecule has 1 aliphatic heterocycles. The van der Waals surface area contributed by atoms with Gasteiger partial charge >= 0.3 is 0 Å². The standard InChI is InChI=1S/C22H24FN5O2/c1-27-21(29)13-20(18-7-10-24-14-19(18)23)26-22(27)28-11-8-16(9-12-28)25-15-3-5-17(30-2)6-4-15/h3-7,10,13-14,16,25H,8-9,11-12H2,1-2H3. The topological polar surface area (TPSA) is 72.3 Å². The number of nitrogens with one attached hydrogen (secondary N) is 1. The van der Waals surface area contributed by atoms with E-state index in [-0.39, 0.29) is 11.1 Å². The van der Waals surface area contributed by atoms with E-state index in [0.29, 0.717) is 17.7 Å². The smallest absolute Gasteiger partial charge is 0.255 e. The molecular formula is C22H24FN5O2. The maximum Gasteiger partial charge on any atom is 0.255 e. The van der Waals surface area contributed by atoms with Crippen LogP contribution in [0.15, 0.2) is 53.6 Å². The first-order chi connectivity index (χ1) is 14.5. The Kier molecular flexibility index (Phi) is 5.65. The number of nitrogens with zero attached hydrogens (tertiary/aromatic N) is 4. The van der Waals surface area contributed by atoms with Gasteiger partial charge < -0.3 is 15.0 Å². The van der Waals surface area contributed by atoms with Crippen molar-refractivity contribution in [3.63, 3.8) is 0 Å². The number of methoxy groups -OCH3 is 1. The van der Waals surface area contributed by atoms with Gasteiger partial charge in [0.2, 0.25) is 5.95 Å². The van der Waals surface area contributed by atoms with E-state index in [2.05, 4.69) is 20.2 Å². The summed E-state index contributed by atoms with van der Waals surface area (Å²) in [4.78, 5) is 22.9. The molecule has 4 rings (SSSR count). The number of hydrogen-bond donors (Lipinski definition) is 1. The Bertz CT molecular complexity index is 1080. The van der Waals surface area contributed by atoms with Crippen LogP contribution in [0, 0.1) is 5.82 Å². The average Bonchev–Trinajstić information content (AvgIpc) is 2.77. The van der Waals surface area contributed by atoms with Crippen molar-refractivity contribution in [1.82, 2.24) is 14.5 Å². The predicted octanol–water partition coefficient (Wildman–Crippen LogP) is 3.07. The van der Waals surface area contributed by atoms with E-state index >= 15 is 0 Å². The zero-order valence-corrected chi connectivity index (χ0v) is 17.0. The minimum atomic E-state index is -0.494. The fourth-order valence-corrected chi connectivity index (χ4v) is 3.68. The molecule has 0 atom stereocenters. The highest BCUT2D eigenvalue weighted by Gasteiger charge is 2.23. The Morgan fingerprint density at radius 1 is 1.17 bits per heavy atom. The Labute approximate surface area is 174 Å². The summed E-state index contributed by atoms with van der Waals surface area (Å²) in [5, 5.41) is 3.55. The Hall–Kier alpha value is -3.42. The highest BCUT2D eigenvalue weighted by Crippen LogP contribution is 2.24. The molecule has 1 aromatic carbocycles. The molecule has 8 heteroatoms. The van der Waals surface area contributed by atoms with Crippen LogP contribution in [-0.4, -0.2) is 40.8 Å². The molecule has 30 heavy (non-hydrogen) atoms. The average molecular weight is 409 g/mol. The van der Waals surface area contributed by atoms with Crippen molar-refractivity contribution >= 4 is 11.6 Å². The van der Waals surface area contributed by atoms with Crippen molar-refractivity contribution in [3.05, 3.63) is 65.0 Å².